The fraction of sp³-hybridized carbons (Fsp3) is 0.444. The smallest absolute Gasteiger partial charge is 0.427 e. The molecule has 1 aliphatic heterocycles. The first-order chi connectivity index (χ1) is 13.3. The predicted molar refractivity (Wildman–Crippen MR) is 88.2 cm³/mol. The van der Waals surface area contributed by atoms with E-state index >= 15 is 0 Å². The molecule has 2 aliphatic rings. The molecular weight excluding hydrogens is 382 g/mol. The number of likely N-dealkylation sites (tertiary alicyclic amines) is 1. The van der Waals surface area contributed by atoms with Crippen molar-refractivity contribution in [2.24, 2.45) is 11.8 Å². The minimum atomic E-state index is -4.80. The lowest BCUT2D eigenvalue weighted by Gasteiger charge is -2.24. The van der Waals surface area contributed by atoms with Crippen molar-refractivity contribution >= 4 is 6.09 Å². The van der Waals surface area contributed by atoms with Crippen LogP contribution in [0.1, 0.15) is 11.6 Å². The van der Waals surface area contributed by atoms with E-state index in [9.17, 15) is 22.4 Å². The molecule has 1 N–H and O–H groups in total. The summed E-state index contributed by atoms with van der Waals surface area (Å²) >= 11 is 0. The van der Waals surface area contributed by atoms with Gasteiger partial charge >= 0.3 is 12.3 Å². The van der Waals surface area contributed by atoms with E-state index in [1.807, 2.05) is 6.07 Å². The maximum atomic E-state index is 13.0. The summed E-state index contributed by atoms with van der Waals surface area (Å²) in [5.41, 5.74) is 1.54. The van der Waals surface area contributed by atoms with Crippen LogP contribution in [0.5, 0.6) is 0 Å². The lowest BCUT2D eigenvalue weighted by Crippen LogP contribution is -2.42. The van der Waals surface area contributed by atoms with Crippen LogP contribution in [0.2, 0.25) is 0 Å². The van der Waals surface area contributed by atoms with Crippen molar-refractivity contribution in [3.63, 3.8) is 0 Å². The van der Waals surface area contributed by atoms with Crippen molar-refractivity contribution in [2.45, 2.75) is 18.2 Å². The molecule has 1 aromatic heterocycles. The van der Waals surface area contributed by atoms with Crippen molar-refractivity contribution in [1.29, 1.82) is 0 Å². The Balaban J connectivity index is 1.35. The summed E-state index contributed by atoms with van der Waals surface area (Å²) in [5.74, 6) is 0.0148. The number of hydrogen-bond acceptors (Lipinski definition) is 4. The van der Waals surface area contributed by atoms with Crippen LogP contribution in [-0.2, 0) is 4.74 Å². The third kappa shape index (κ3) is 3.44. The second kappa shape index (κ2) is 6.77. The second-order valence-corrected chi connectivity index (χ2v) is 7.02. The molecule has 2 heterocycles. The summed E-state index contributed by atoms with van der Waals surface area (Å²) in [6.07, 6.45) is -6.63. The fourth-order valence-corrected chi connectivity index (χ4v) is 3.77. The van der Waals surface area contributed by atoms with Gasteiger partial charge < -0.3 is 14.7 Å². The van der Waals surface area contributed by atoms with E-state index in [1.54, 1.807) is 23.0 Å². The molecule has 1 saturated heterocycles. The molecular formula is C18H17F4N3O3. The molecule has 1 aliphatic carbocycles. The third-order valence-corrected chi connectivity index (χ3v) is 5.27. The predicted octanol–water partition coefficient (Wildman–Crippen LogP) is 2.72. The van der Waals surface area contributed by atoms with E-state index in [-0.39, 0.29) is 36.7 Å². The number of carbonyl (C=O) groups is 1. The number of carbonyl (C=O) groups excluding carboxylic acids is 1. The van der Waals surface area contributed by atoms with E-state index < -0.39 is 25.0 Å². The van der Waals surface area contributed by atoms with Crippen molar-refractivity contribution in [3.05, 3.63) is 48.0 Å². The highest BCUT2D eigenvalue weighted by Gasteiger charge is 2.59. The monoisotopic (exact) mass is 399 g/mol. The Bertz CT molecular complexity index is 856. The molecule has 28 heavy (non-hydrogen) atoms. The summed E-state index contributed by atoms with van der Waals surface area (Å²) in [5, 5.41) is 13.3. The van der Waals surface area contributed by atoms with Crippen LogP contribution in [0.25, 0.3) is 5.69 Å². The lowest BCUT2D eigenvalue weighted by atomic mass is 10.2. The van der Waals surface area contributed by atoms with E-state index in [0.717, 1.165) is 5.69 Å². The highest BCUT2D eigenvalue weighted by molar-refractivity contribution is 5.69. The zero-order valence-electron chi connectivity index (χ0n) is 14.5. The number of aromatic nitrogens is 2. The minimum absolute atomic E-state index is 0.114. The molecule has 0 radical (unpaired) electrons. The number of aliphatic hydroxyl groups excluding tert-OH is 1. The molecule has 150 valence electrons. The summed E-state index contributed by atoms with van der Waals surface area (Å²) in [4.78, 5) is 13.2. The van der Waals surface area contributed by atoms with Gasteiger partial charge in [-0.2, -0.15) is 18.3 Å². The van der Waals surface area contributed by atoms with Gasteiger partial charge in [-0.15, -0.1) is 0 Å². The van der Waals surface area contributed by atoms with Crippen LogP contribution in [0, 0.1) is 17.7 Å². The number of aliphatic hydroxyl groups is 1. The summed E-state index contributed by atoms with van der Waals surface area (Å²) in [6, 6.07) is 7.74. The van der Waals surface area contributed by atoms with Crippen LogP contribution in [0.15, 0.2) is 36.5 Å². The van der Waals surface area contributed by atoms with E-state index in [4.69, 9.17) is 5.11 Å². The largest absolute Gasteiger partial charge is 0.434 e. The Hall–Kier alpha value is -2.62. The standard InChI is InChI=1S/C18H17F4N3O3/c19-10-1-3-11(4-2-10)25-6-5-14(23-25)16-12-7-24(8-13(12)16)17(27)28-15(9-26)18(20,21)22/h1-6,12-13,15-16,26H,7-9H2/t12-,13+,15-,16?/m1/s1. The van der Waals surface area contributed by atoms with Gasteiger partial charge in [-0.1, -0.05) is 0 Å². The van der Waals surface area contributed by atoms with Gasteiger partial charge in [-0.05, 0) is 42.2 Å². The molecule has 4 rings (SSSR count). The average molecular weight is 399 g/mol. The lowest BCUT2D eigenvalue weighted by molar-refractivity contribution is -0.214. The van der Waals surface area contributed by atoms with Gasteiger partial charge in [0.1, 0.15) is 5.82 Å². The Morgan fingerprint density at radius 3 is 2.43 bits per heavy atom. The Kier molecular flexibility index (Phi) is 4.53. The fourth-order valence-electron chi connectivity index (χ4n) is 3.77. The maximum Gasteiger partial charge on any atom is 0.427 e. The summed E-state index contributed by atoms with van der Waals surface area (Å²) < 4.78 is 56.9. The molecule has 6 nitrogen and oxygen atoms in total. The minimum Gasteiger partial charge on any atom is -0.434 e. The first-order valence-electron chi connectivity index (χ1n) is 8.72. The Morgan fingerprint density at radius 1 is 1.21 bits per heavy atom. The number of ether oxygens (including phenoxy) is 1. The molecule has 1 saturated carbocycles. The molecule has 0 spiro atoms. The van der Waals surface area contributed by atoms with Crippen molar-refractivity contribution in [3.8, 4) is 5.69 Å². The molecule has 1 aromatic carbocycles. The van der Waals surface area contributed by atoms with Crippen molar-refractivity contribution < 1.29 is 32.2 Å². The number of piperidine rings is 1. The number of amides is 1. The highest BCUT2D eigenvalue weighted by atomic mass is 19.4. The van der Waals surface area contributed by atoms with Gasteiger partial charge in [0.05, 0.1) is 18.0 Å². The van der Waals surface area contributed by atoms with E-state index in [0.29, 0.717) is 5.69 Å². The van der Waals surface area contributed by atoms with E-state index in [2.05, 4.69) is 9.84 Å². The van der Waals surface area contributed by atoms with Gasteiger partial charge in [-0.25, -0.2) is 13.9 Å². The number of rotatable bonds is 4. The first kappa shape index (κ1) is 18.7. The molecule has 0 bridgehead atoms. The Morgan fingerprint density at radius 2 is 1.86 bits per heavy atom. The maximum absolute atomic E-state index is 13.0. The van der Waals surface area contributed by atoms with Crippen molar-refractivity contribution in [2.75, 3.05) is 19.7 Å². The Labute approximate surface area is 157 Å². The number of nitrogens with zero attached hydrogens (tertiary/aromatic N) is 3. The van der Waals surface area contributed by atoms with Crippen LogP contribution < -0.4 is 0 Å². The average Bonchev–Trinajstić information content (AvgIpc) is 3.04. The zero-order valence-corrected chi connectivity index (χ0v) is 14.5. The third-order valence-electron chi connectivity index (χ3n) is 5.27. The molecule has 2 fully saturated rings. The highest BCUT2D eigenvalue weighted by Crippen LogP contribution is 2.57. The second-order valence-electron chi connectivity index (χ2n) is 7.02. The SMILES string of the molecule is O=C(O[C@H](CO)C(F)(F)F)N1C[C@@H]2C(c3ccn(-c4ccc(F)cc4)n3)[C@@H]2C1. The van der Waals surface area contributed by atoms with Gasteiger partial charge in [0, 0.05) is 25.2 Å². The van der Waals surface area contributed by atoms with Crippen LogP contribution >= 0.6 is 0 Å². The summed E-state index contributed by atoms with van der Waals surface area (Å²) in [6.45, 7) is -0.736. The number of hydrogen-bond donors (Lipinski definition) is 1. The number of halogens is 4. The van der Waals surface area contributed by atoms with Gasteiger partial charge in [0.25, 0.3) is 0 Å². The quantitative estimate of drug-likeness (QED) is 0.803. The molecule has 1 unspecified atom stereocenters. The summed E-state index contributed by atoms with van der Waals surface area (Å²) in [7, 11) is 0. The van der Waals surface area contributed by atoms with Gasteiger partial charge in [0.15, 0.2) is 0 Å². The first-order valence-corrected chi connectivity index (χ1v) is 8.72. The van der Waals surface area contributed by atoms with Crippen LogP contribution in [0.4, 0.5) is 22.4 Å². The number of benzene rings is 1. The van der Waals surface area contributed by atoms with Gasteiger partial charge in [-0.3, -0.25) is 0 Å². The topological polar surface area (TPSA) is 67.6 Å². The van der Waals surface area contributed by atoms with Crippen molar-refractivity contribution in [1.82, 2.24) is 14.7 Å². The molecule has 10 heteroatoms. The molecule has 4 atom stereocenters. The number of fused-ring (bicyclic) bond motifs is 1. The van der Waals surface area contributed by atoms with E-state index in [1.165, 1.54) is 17.0 Å². The van der Waals surface area contributed by atoms with Crippen LogP contribution in [0.3, 0.4) is 0 Å². The normalized spacial score (nSPS) is 24.8. The van der Waals surface area contributed by atoms with Crippen LogP contribution in [-0.4, -0.2) is 57.9 Å². The number of alkyl halides is 3. The zero-order chi connectivity index (χ0) is 20.1. The molecule has 1 amide bonds. The molecule has 2 aromatic rings. The van der Waals surface area contributed by atoms with Gasteiger partial charge in [0.2, 0.25) is 6.10 Å².